The molecule has 5 heteroatoms. The highest BCUT2D eigenvalue weighted by molar-refractivity contribution is 6.36. The largest absolute Gasteiger partial charge is 0.457 e. The number of furan rings is 1. The van der Waals surface area contributed by atoms with Crippen molar-refractivity contribution in [2.24, 2.45) is 0 Å². The van der Waals surface area contributed by atoms with Crippen LogP contribution in [0, 0.1) is 6.92 Å². The van der Waals surface area contributed by atoms with Gasteiger partial charge in [-0.3, -0.25) is 0 Å². The van der Waals surface area contributed by atoms with Crippen molar-refractivity contribution in [1.29, 1.82) is 0 Å². The molecule has 0 spiro atoms. The molecule has 0 aliphatic heterocycles. The van der Waals surface area contributed by atoms with Gasteiger partial charge in [-0.1, -0.05) is 41.4 Å². The van der Waals surface area contributed by atoms with Crippen LogP contribution in [-0.4, -0.2) is 5.97 Å². The average Bonchev–Trinajstić information content (AvgIpc) is 3.01. The second-order valence-corrected chi connectivity index (χ2v) is 6.12. The lowest BCUT2D eigenvalue weighted by atomic mass is 10.1. The third-order valence-electron chi connectivity index (χ3n) is 3.57. The predicted molar refractivity (Wildman–Crippen MR) is 94.5 cm³/mol. The standard InChI is InChI=1S/C19H14Cl2O3/c1-12-4-2-3-5-15(12)19(22)23-11-14-7-9-18(24-14)16-8-6-13(20)10-17(16)21/h2-10H,11H2,1H3. The van der Waals surface area contributed by atoms with Gasteiger partial charge in [-0.25, -0.2) is 4.79 Å². The number of carbonyl (C=O) groups is 1. The Balaban J connectivity index is 1.70. The van der Waals surface area contributed by atoms with Gasteiger partial charge in [-0.05, 0) is 48.9 Å². The Bertz CT molecular complexity index is 884. The first-order valence-electron chi connectivity index (χ1n) is 7.31. The minimum Gasteiger partial charge on any atom is -0.457 e. The molecule has 24 heavy (non-hydrogen) atoms. The molecule has 0 unspecified atom stereocenters. The lowest BCUT2D eigenvalue weighted by Gasteiger charge is -2.05. The maximum Gasteiger partial charge on any atom is 0.338 e. The lowest BCUT2D eigenvalue weighted by molar-refractivity contribution is 0.0445. The summed E-state index contributed by atoms with van der Waals surface area (Å²) in [5.74, 6) is 0.757. The van der Waals surface area contributed by atoms with Crippen LogP contribution in [0.15, 0.2) is 59.0 Å². The van der Waals surface area contributed by atoms with Gasteiger partial charge in [0, 0.05) is 10.6 Å². The Kier molecular flexibility index (Phi) is 4.93. The molecule has 0 atom stereocenters. The summed E-state index contributed by atoms with van der Waals surface area (Å²) in [6, 6.07) is 16.0. The van der Waals surface area contributed by atoms with Crippen LogP contribution in [0.1, 0.15) is 21.7 Å². The molecule has 0 amide bonds. The second kappa shape index (κ2) is 7.12. The van der Waals surface area contributed by atoms with E-state index >= 15 is 0 Å². The van der Waals surface area contributed by atoms with Crippen molar-refractivity contribution in [3.63, 3.8) is 0 Å². The first kappa shape index (κ1) is 16.6. The average molecular weight is 361 g/mol. The van der Waals surface area contributed by atoms with Crippen molar-refractivity contribution in [3.8, 4) is 11.3 Å². The van der Waals surface area contributed by atoms with Gasteiger partial charge in [-0.15, -0.1) is 0 Å². The van der Waals surface area contributed by atoms with Gasteiger partial charge in [0.1, 0.15) is 18.1 Å². The highest BCUT2D eigenvalue weighted by Crippen LogP contribution is 2.31. The van der Waals surface area contributed by atoms with Crippen molar-refractivity contribution in [3.05, 3.63) is 81.5 Å². The number of ether oxygens (including phenoxy) is 1. The first-order chi connectivity index (χ1) is 11.5. The molecule has 2 aromatic carbocycles. The smallest absolute Gasteiger partial charge is 0.338 e. The number of rotatable bonds is 4. The molecule has 0 saturated carbocycles. The molecule has 3 nitrogen and oxygen atoms in total. The topological polar surface area (TPSA) is 39.4 Å². The summed E-state index contributed by atoms with van der Waals surface area (Å²) in [5.41, 5.74) is 2.15. The Hall–Kier alpha value is -2.23. The summed E-state index contributed by atoms with van der Waals surface area (Å²) >= 11 is 12.1. The number of esters is 1. The van der Waals surface area contributed by atoms with Crippen LogP contribution in [0.3, 0.4) is 0 Å². The predicted octanol–water partition coefficient (Wildman–Crippen LogP) is 5.92. The Labute approximate surface area is 149 Å². The van der Waals surface area contributed by atoms with E-state index in [1.54, 1.807) is 42.5 Å². The van der Waals surface area contributed by atoms with Gasteiger partial charge in [0.2, 0.25) is 0 Å². The number of hydrogen-bond acceptors (Lipinski definition) is 3. The highest BCUT2D eigenvalue weighted by atomic mass is 35.5. The van der Waals surface area contributed by atoms with E-state index < -0.39 is 0 Å². The lowest BCUT2D eigenvalue weighted by Crippen LogP contribution is -2.06. The fourth-order valence-corrected chi connectivity index (χ4v) is 2.81. The quantitative estimate of drug-likeness (QED) is 0.542. The van der Waals surface area contributed by atoms with E-state index in [1.165, 1.54) is 0 Å². The number of aryl methyl sites for hydroxylation is 1. The Morgan fingerprint density at radius 2 is 1.88 bits per heavy atom. The third-order valence-corrected chi connectivity index (χ3v) is 4.12. The van der Waals surface area contributed by atoms with Crippen LogP contribution >= 0.6 is 23.2 Å². The van der Waals surface area contributed by atoms with Crippen LogP contribution in [0.25, 0.3) is 11.3 Å². The molecule has 1 heterocycles. The van der Waals surface area contributed by atoms with E-state index in [0.717, 1.165) is 11.1 Å². The summed E-state index contributed by atoms with van der Waals surface area (Å²) in [7, 11) is 0. The normalized spacial score (nSPS) is 10.6. The molecule has 122 valence electrons. The zero-order valence-electron chi connectivity index (χ0n) is 12.9. The maximum absolute atomic E-state index is 12.1. The van der Waals surface area contributed by atoms with Crippen LogP contribution in [-0.2, 0) is 11.3 Å². The van der Waals surface area contributed by atoms with E-state index in [1.807, 2.05) is 19.1 Å². The van der Waals surface area contributed by atoms with E-state index in [2.05, 4.69) is 0 Å². The summed E-state index contributed by atoms with van der Waals surface area (Å²) in [5, 5.41) is 1.06. The molecular formula is C19H14Cl2O3. The van der Waals surface area contributed by atoms with E-state index in [9.17, 15) is 4.79 Å². The molecule has 1 aromatic heterocycles. The number of hydrogen-bond donors (Lipinski definition) is 0. The molecule has 0 aliphatic rings. The number of benzene rings is 2. The van der Waals surface area contributed by atoms with Crippen LogP contribution in [0.5, 0.6) is 0 Å². The molecule has 0 aliphatic carbocycles. The molecule has 3 rings (SSSR count). The highest BCUT2D eigenvalue weighted by Gasteiger charge is 2.13. The Morgan fingerprint density at radius 3 is 2.62 bits per heavy atom. The van der Waals surface area contributed by atoms with Crippen molar-refractivity contribution < 1.29 is 13.9 Å². The fraction of sp³-hybridized carbons (Fsp3) is 0.105. The van der Waals surface area contributed by atoms with Gasteiger partial charge in [0.25, 0.3) is 0 Å². The van der Waals surface area contributed by atoms with Crippen LogP contribution < -0.4 is 0 Å². The van der Waals surface area contributed by atoms with Crippen molar-refractivity contribution in [1.82, 2.24) is 0 Å². The third kappa shape index (κ3) is 3.64. The molecule has 0 fully saturated rings. The van der Waals surface area contributed by atoms with Crippen LogP contribution in [0.4, 0.5) is 0 Å². The minimum absolute atomic E-state index is 0.0539. The molecule has 3 aromatic rings. The minimum atomic E-state index is -0.379. The van der Waals surface area contributed by atoms with E-state index in [-0.39, 0.29) is 12.6 Å². The van der Waals surface area contributed by atoms with E-state index in [0.29, 0.717) is 27.1 Å². The summed E-state index contributed by atoms with van der Waals surface area (Å²) in [4.78, 5) is 12.1. The molecule has 0 radical (unpaired) electrons. The summed E-state index contributed by atoms with van der Waals surface area (Å²) < 4.78 is 11.0. The second-order valence-electron chi connectivity index (χ2n) is 5.28. The van der Waals surface area contributed by atoms with Gasteiger partial charge in [0.05, 0.1) is 10.6 Å². The van der Waals surface area contributed by atoms with Crippen molar-refractivity contribution >= 4 is 29.2 Å². The first-order valence-corrected chi connectivity index (χ1v) is 8.07. The fourth-order valence-electron chi connectivity index (χ4n) is 2.31. The van der Waals surface area contributed by atoms with Crippen molar-refractivity contribution in [2.75, 3.05) is 0 Å². The number of carbonyl (C=O) groups excluding carboxylic acids is 1. The SMILES string of the molecule is Cc1ccccc1C(=O)OCc1ccc(-c2ccc(Cl)cc2Cl)o1. The Morgan fingerprint density at radius 1 is 1.08 bits per heavy atom. The van der Waals surface area contributed by atoms with Crippen molar-refractivity contribution in [2.45, 2.75) is 13.5 Å². The maximum atomic E-state index is 12.1. The van der Waals surface area contributed by atoms with Gasteiger partial charge < -0.3 is 9.15 Å². The number of halogens is 2. The summed E-state index contributed by atoms with van der Waals surface area (Å²) in [6.07, 6.45) is 0. The molecule has 0 N–H and O–H groups in total. The molecular weight excluding hydrogens is 347 g/mol. The van der Waals surface area contributed by atoms with E-state index in [4.69, 9.17) is 32.4 Å². The van der Waals surface area contributed by atoms with Gasteiger partial charge in [-0.2, -0.15) is 0 Å². The molecule has 0 bridgehead atoms. The summed E-state index contributed by atoms with van der Waals surface area (Å²) in [6.45, 7) is 1.92. The monoisotopic (exact) mass is 360 g/mol. The van der Waals surface area contributed by atoms with Gasteiger partial charge in [0.15, 0.2) is 0 Å². The van der Waals surface area contributed by atoms with Gasteiger partial charge >= 0.3 is 5.97 Å². The zero-order chi connectivity index (χ0) is 17.1. The molecule has 0 saturated heterocycles. The zero-order valence-corrected chi connectivity index (χ0v) is 14.4. The van der Waals surface area contributed by atoms with Crippen LogP contribution in [0.2, 0.25) is 10.0 Å².